The van der Waals surface area contributed by atoms with Gasteiger partial charge in [-0.1, -0.05) is 6.07 Å². The monoisotopic (exact) mass is 344 g/mol. The highest BCUT2D eigenvalue weighted by Gasteiger charge is 2.24. The molecular weight excluding hydrogens is 331 g/mol. The predicted molar refractivity (Wildman–Crippen MR) is 93.5 cm³/mol. The second-order valence-electron chi connectivity index (χ2n) is 5.93. The molecule has 1 aliphatic heterocycles. The van der Waals surface area contributed by atoms with E-state index < -0.39 is 6.04 Å². The molecule has 1 unspecified atom stereocenters. The number of hydrogen-bond acceptors (Lipinski definition) is 6. The molecule has 7 heteroatoms. The van der Waals surface area contributed by atoms with Crippen molar-refractivity contribution < 1.29 is 4.39 Å². The SMILES string of the molecule is N#Cc1cncc(-c2ccc(F)c(C3Cc4ncncc4C(N)=N3)c2)c1. The van der Waals surface area contributed by atoms with E-state index in [1.54, 1.807) is 30.6 Å². The van der Waals surface area contributed by atoms with Crippen LogP contribution in [0.1, 0.15) is 28.4 Å². The number of nitriles is 1. The second-order valence-corrected chi connectivity index (χ2v) is 5.93. The van der Waals surface area contributed by atoms with E-state index in [9.17, 15) is 4.39 Å². The minimum atomic E-state index is -0.468. The molecule has 126 valence electrons. The Kier molecular flexibility index (Phi) is 3.86. The van der Waals surface area contributed by atoms with Gasteiger partial charge in [-0.05, 0) is 23.8 Å². The number of pyridine rings is 1. The fourth-order valence-electron chi connectivity index (χ4n) is 3.01. The molecule has 0 saturated heterocycles. The van der Waals surface area contributed by atoms with Crippen LogP contribution in [0.3, 0.4) is 0 Å². The summed E-state index contributed by atoms with van der Waals surface area (Å²) in [7, 11) is 0. The average molecular weight is 344 g/mol. The van der Waals surface area contributed by atoms with Crippen LogP contribution in [0.15, 0.2) is 54.2 Å². The van der Waals surface area contributed by atoms with E-state index in [-0.39, 0.29) is 5.82 Å². The van der Waals surface area contributed by atoms with Crippen molar-refractivity contribution >= 4 is 5.84 Å². The molecule has 0 fully saturated rings. The zero-order chi connectivity index (χ0) is 18.1. The molecule has 2 aromatic heterocycles. The van der Waals surface area contributed by atoms with Gasteiger partial charge in [0.05, 0.1) is 22.9 Å². The first kappa shape index (κ1) is 15.8. The lowest BCUT2D eigenvalue weighted by molar-refractivity contribution is 0.575. The molecule has 3 heterocycles. The number of benzene rings is 1. The number of amidine groups is 1. The summed E-state index contributed by atoms with van der Waals surface area (Å²) in [6, 6.07) is 8.07. The minimum Gasteiger partial charge on any atom is -0.383 e. The maximum absolute atomic E-state index is 14.5. The van der Waals surface area contributed by atoms with Crippen LogP contribution in [-0.2, 0) is 6.42 Å². The summed E-state index contributed by atoms with van der Waals surface area (Å²) < 4.78 is 14.5. The molecule has 0 amide bonds. The molecule has 0 saturated carbocycles. The van der Waals surface area contributed by atoms with Crippen molar-refractivity contribution in [2.75, 3.05) is 0 Å². The first-order valence-corrected chi connectivity index (χ1v) is 7.93. The smallest absolute Gasteiger partial charge is 0.129 e. The largest absolute Gasteiger partial charge is 0.383 e. The average Bonchev–Trinajstić information content (AvgIpc) is 2.68. The second kappa shape index (κ2) is 6.33. The third-order valence-corrected chi connectivity index (χ3v) is 4.31. The Morgan fingerprint density at radius 1 is 1.12 bits per heavy atom. The van der Waals surface area contributed by atoms with Gasteiger partial charge in [0.2, 0.25) is 0 Å². The van der Waals surface area contributed by atoms with E-state index in [0.717, 1.165) is 16.8 Å². The summed E-state index contributed by atoms with van der Waals surface area (Å²) in [5.74, 6) is -0.0630. The molecule has 1 aliphatic rings. The fraction of sp³-hybridized carbons (Fsp3) is 0.105. The maximum atomic E-state index is 14.5. The van der Waals surface area contributed by atoms with Crippen LogP contribution in [0.25, 0.3) is 11.1 Å². The van der Waals surface area contributed by atoms with Gasteiger partial charge < -0.3 is 5.73 Å². The zero-order valence-corrected chi connectivity index (χ0v) is 13.6. The zero-order valence-electron chi connectivity index (χ0n) is 13.6. The third kappa shape index (κ3) is 2.78. The molecule has 3 aromatic rings. The van der Waals surface area contributed by atoms with Crippen LogP contribution < -0.4 is 5.73 Å². The highest BCUT2D eigenvalue weighted by molar-refractivity contribution is 5.99. The van der Waals surface area contributed by atoms with Gasteiger partial charge in [0.1, 0.15) is 24.0 Å². The van der Waals surface area contributed by atoms with Gasteiger partial charge in [-0.25, -0.2) is 14.4 Å². The first-order valence-electron chi connectivity index (χ1n) is 7.93. The highest BCUT2D eigenvalue weighted by atomic mass is 19.1. The lowest BCUT2D eigenvalue weighted by Crippen LogP contribution is -2.24. The van der Waals surface area contributed by atoms with Crippen molar-refractivity contribution in [2.24, 2.45) is 10.7 Å². The van der Waals surface area contributed by atoms with Crippen LogP contribution in [0.2, 0.25) is 0 Å². The Morgan fingerprint density at radius 2 is 2.00 bits per heavy atom. The molecule has 1 aromatic carbocycles. The van der Waals surface area contributed by atoms with E-state index in [0.29, 0.717) is 28.9 Å². The van der Waals surface area contributed by atoms with Crippen LogP contribution in [0.4, 0.5) is 4.39 Å². The Morgan fingerprint density at radius 3 is 2.85 bits per heavy atom. The lowest BCUT2D eigenvalue weighted by atomic mass is 9.94. The third-order valence-electron chi connectivity index (χ3n) is 4.31. The van der Waals surface area contributed by atoms with Crippen molar-refractivity contribution in [1.82, 2.24) is 15.0 Å². The molecule has 26 heavy (non-hydrogen) atoms. The molecule has 4 rings (SSSR count). The summed E-state index contributed by atoms with van der Waals surface area (Å²) in [5.41, 5.74) is 9.81. The fourth-order valence-corrected chi connectivity index (χ4v) is 3.01. The van der Waals surface area contributed by atoms with Gasteiger partial charge in [-0.15, -0.1) is 0 Å². The summed E-state index contributed by atoms with van der Waals surface area (Å²) in [6.07, 6.45) is 6.62. The van der Waals surface area contributed by atoms with Crippen LogP contribution in [-0.4, -0.2) is 20.8 Å². The van der Waals surface area contributed by atoms with Crippen molar-refractivity contribution in [3.05, 3.63) is 77.4 Å². The number of aliphatic imine (C=N–C) groups is 1. The van der Waals surface area contributed by atoms with Gasteiger partial charge in [0.25, 0.3) is 0 Å². The summed E-state index contributed by atoms with van der Waals surface area (Å²) >= 11 is 0. The van der Waals surface area contributed by atoms with Gasteiger partial charge >= 0.3 is 0 Å². The Bertz CT molecular complexity index is 1070. The number of halogens is 1. The standard InChI is InChI=1S/C19H13FN6/c20-16-2-1-12(13-3-11(6-21)7-23-8-13)4-14(16)18-5-17-15(19(22)26-18)9-24-10-25-17/h1-4,7-10,18H,5H2,(H2,22,26). The number of aromatic nitrogens is 3. The number of nitrogens with two attached hydrogens (primary N) is 1. The number of rotatable bonds is 2. The van der Waals surface area contributed by atoms with E-state index in [4.69, 9.17) is 11.0 Å². The summed E-state index contributed by atoms with van der Waals surface area (Å²) in [4.78, 5) is 16.7. The molecule has 0 spiro atoms. The maximum Gasteiger partial charge on any atom is 0.129 e. The van der Waals surface area contributed by atoms with Gasteiger partial charge in [0, 0.05) is 36.1 Å². The van der Waals surface area contributed by atoms with E-state index >= 15 is 0 Å². The van der Waals surface area contributed by atoms with E-state index in [1.165, 1.54) is 18.6 Å². The van der Waals surface area contributed by atoms with E-state index in [1.807, 2.05) is 0 Å². The Balaban J connectivity index is 1.76. The predicted octanol–water partition coefficient (Wildman–Crippen LogP) is 2.55. The van der Waals surface area contributed by atoms with Crippen molar-refractivity contribution in [1.29, 1.82) is 5.26 Å². The van der Waals surface area contributed by atoms with Gasteiger partial charge in [-0.2, -0.15) is 5.26 Å². The Labute approximate surface area is 148 Å². The van der Waals surface area contributed by atoms with Crippen molar-refractivity contribution in [3.8, 4) is 17.2 Å². The van der Waals surface area contributed by atoms with E-state index in [2.05, 4.69) is 26.0 Å². The summed E-state index contributed by atoms with van der Waals surface area (Å²) in [6.45, 7) is 0. The molecule has 2 N–H and O–H groups in total. The number of fused-ring (bicyclic) bond motifs is 1. The molecular formula is C19H13FN6. The number of nitrogens with zero attached hydrogens (tertiary/aromatic N) is 5. The van der Waals surface area contributed by atoms with Crippen LogP contribution in [0, 0.1) is 17.1 Å². The molecule has 6 nitrogen and oxygen atoms in total. The van der Waals surface area contributed by atoms with Crippen molar-refractivity contribution in [3.63, 3.8) is 0 Å². The first-order chi connectivity index (χ1) is 12.7. The Hall–Kier alpha value is -3.66. The lowest BCUT2D eigenvalue weighted by Gasteiger charge is -2.21. The topological polar surface area (TPSA) is 101 Å². The molecule has 1 atom stereocenters. The highest BCUT2D eigenvalue weighted by Crippen LogP contribution is 2.32. The van der Waals surface area contributed by atoms with Gasteiger partial charge in [0.15, 0.2) is 0 Å². The van der Waals surface area contributed by atoms with Crippen LogP contribution in [0.5, 0.6) is 0 Å². The van der Waals surface area contributed by atoms with Gasteiger partial charge in [-0.3, -0.25) is 9.98 Å². The normalized spacial score (nSPS) is 15.7. The number of hydrogen-bond donors (Lipinski definition) is 1. The summed E-state index contributed by atoms with van der Waals surface area (Å²) in [5, 5.41) is 9.04. The molecule has 0 bridgehead atoms. The molecule has 0 radical (unpaired) electrons. The van der Waals surface area contributed by atoms with Crippen LogP contribution >= 0.6 is 0 Å². The minimum absolute atomic E-state index is 0.301. The van der Waals surface area contributed by atoms with Crippen molar-refractivity contribution in [2.45, 2.75) is 12.5 Å². The molecule has 0 aliphatic carbocycles. The quantitative estimate of drug-likeness (QED) is 0.770.